The maximum absolute atomic E-state index is 13.4. The van der Waals surface area contributed by atoms with Crippen LogP contribution in [0.5, 0.6) is 0 Å². The zero-order valence-electron chi connectivity index (χ0n) is 20.8. The van der Waals surface area contributed by atoms with Gasteiger partial charge in [-0.15, -0.1) is 0 Å². The van der Waals surface area contributed by atoms with E-state index >= 15 is 0 Å². The van der Waals surface area contributed by atoms with Crippen LogP contribution in [0, 0.1) is 0 Å². The number of carbonyl (C=O) groups is 1. The van der Waals surface area contributed by atoms with Crippen molar-refractivity contribution in [1.29, 1.82) is 0 Å². The summed E-state index contributed by atoms with van der Waals surface area (Å²) in [7, 11) is 1.56. The molecule has 4 rings (SSSR count). The van der Waals surface area contributed by atoms with E-state index in [1.165, 1.54) is 23.3 Å². The summed E-state index contributed by atoms with van der Waals surface area (Å²) in [6.45, 7) is 6.41. The van der Waals surface area contributed by atoms with Gasteiger partial charge in [0, 0.05) is 19.1 Å². The van der Waals surface area contributed by atoms with Gasteiger partial charge in [-0.1, -0.05) is 51.1 Å². The molecule has 11 nitrogen and oxygen atoms in total. The molecule has 0 saturated heterocycles. The highest BCUT2D eigenvalue weighted by Gasteiger charge is 2.21. The van der Waals surface area contributed by atoms with Crippen molar-refractivity contribution >= 4 is 22.8 Å². The number of aromatic nitrogens is 6. The molecular formula is C25H29N7O4. The molecule has 1 aromatic carbocycles. The Morgan fingerprint density at radius 3 is 2.36 bits per heavy atom. The molecule has 0 unspecified atom stereocenters. The van der Waals surface area contributed by atoms with Crippen LogP contribution in [0.3, 0.4) is 0 Å². The molecule has 3 aromatic heterocycles. The van der Waals surface area contributed by atoms with Crippen molar-refractivity contribution in [2.75, 3.05) is 19.0 Å². The molecular weight excluding hydrogens is 462 g/mol. The lowest BCUT2D eigenvalue weighted by molar-refractivity contribution is -0.116. The average Bonchev–Trinajstić information content (AvgIpc) is 3.27. The lowest BCUT2D eigenvalue weighted by Crippen LogP contribution is -2.43. The second kappa shape index (κ2) is 10.2. The number of rotatable bonds is 8. The van der Waals surface area contributed by atoms with E-state index in [2.05, 4.69) is 20.3 Å². The highest BCUT2D eigenvalue weighted by atomic mass is 16.5. The number of amides is 1. The van der Waals surface area contributed by atoms with Gasteiger partial charge in [0.05, 0.1) is 37.6 Å². The molecule has 0 radical (unpaired) electrons. The van der Waals surface area contributed by atoms with Crippen LogP contribution in [0.25, 0.3) is 11.2 Å². The molecule has 11 heteroatoms. The molecule has 1 amide bonds. The fourth-order valence-electron chi connectivity index (χ4n) is 3.77. The molecule has 36 heavy (non-hydrogen) atoms. The minimum absolute atomic E-state index is 0.196. The van der Waals surface area contributed by atoms with Gasteiger partial charge in [-0.2, -0.15) is 0 Å². The Morgan fingerprint density at radius 2 is 1.72 bits per heavy atom. The fourth-order valence-corrected chi connectivity index (χ4v) is 3.77. The van der Waals surface area contributed by atoms with Crippen LogP contribution in [0.4, 0.5) is 5.69 Å². The van der Waals surface area contributed by atoms with Crippen molar-refractivity contribution in [1.82, 2.24) is 28.7 Å². The number of hydrogen-bond acceptors (Lipinski definition) is 7. The van der Waals surface area contributed by atoms with Crippen molar-refractivity contribution in [3.8, 4) is 0 Å². The Morgan fingerprint density at radius 1 is 1.03 bits per heavy atom. The van der Waals surface area contributed by atoms with E-state index in [9.17, 15) is 14.4 Å². The van der Waals surface area contributed by atoms with Gasteiger partial charge in [-0.05, 0) is 5.56 Å². The van der Waals surface area contributed by atoms with Gasteiger partial charge in [-0.3, -0.25) is 14.2 Å². The summed E-state index contributed by atoms with van der Waals surface area (Å²) in [6, 6.07) is 9.37. The van der Waals surface area contributed by atoms with Crippen molar-refractivity contribution in [3.05, 3.63) is 81.3 Å². The van der Waals surface area contributed by atoms with E-state index in [0.717, 1.165) is 10.1 Å². The number of imidazole rings is 1. The zero-order chi connectivity index (χ0) is 25.9. The van der Waals surface area contributed by atoms with Crippen LogP contribution in [0.1, 0.15) is 32.2 Å². The van der Waals surface area contributed by atoms with E-state index in [0.29, 0.717) is 24.7 Å². The number of benzene rings is 1. The quantitative estimate of drug-likeness (QED) is 0.398. The summed E-state index contributed by atoms with van der Waals surface area (Å²) in [5.74, 6) is 0.0881. The third-order valence-corrected chi connectivity index (χ3v) is 5.61. The minimum atomic E-state index is -0.622. The Hall–Kier alpha value is -4.12. The first kappa shape index (κ1) is 25.0. The zero-order valence-corrected chi connectivity index (χ0v) is 20.8. The van der Waals surface area contributed by atoms with E-state index < -0.39 is 23.7 Å². The largest absolute Gasteiger partial charge is 0.383 e. The number of methoxy groups -OCH3 is 1. The minimum Gasteiger partial charge on any atom is -0.383 e. The molecule has 4 aromatic rings. The second-order valence-electron chi connectivity index (χ2n) is 9.44. The maximum atomic E-state index is 13.4. The Labute approximate surface area is 207 Å². The predicted octanol–water partition coefficient (Wildman–Crippen LogP) is 1.78. The molecule has 0 spiro atoms. The molecule has 1 N–H and O–H groups in total. The molecule has 3 heterocycles. The van der Waals surface area contributed by atoms with Crippen molar-refractivity contribution in [2.45, 2.75) is 45.8 Å². The van der Waals surface area contributed by atoms with E-state index in [4.69, 9.17) is 4.74 Å². The number of anilines is 1. The Balaban J connectivity index is 1.71. The summed E-state index contributed by atoms with van der Waals surface area (Å²) in [6.07, 6.45) is 4.51. The van der Waals surface area contributed by atoms with Crippen molar-refractivity contribution < 1.29 is 9.53 Å². The Kier molecular flexibility index (Phi) is 7.11. The molecule has 0 aliphatic heterocycles. The van der Waals surface area contributed by atoms with E-state index in [-0.39, 0.29) is 23.1 Å². The van der Waals surface area contributed by atoms with Crippen LogP contribution in [-0.4, -0.2) is 48.3 Å². The van der Waals surface area contributed by atoms with Crippen molar-refractivity contribution in [3.63, 3.8) is 0 Å². The summed E-state index contributed by atoms with van der Waals surface area (Å²) in [4.78, 5) is 52.6. The van der Waals surface area contributed by atoms with Crippen molar-refractivity contribution in [2.24, 2.45) is 0 Å². The van der Waals surface area contributed by atoms with Crippen LogP contribution in [0.2, 0.25) is 0 Å². The van der Waals surface area contributed by atoms with Gasteiger partial charge in [0.1, 0.15) is 12.4 Å². The summed E-state index contributed by atoms with van der Waals surface area (Å²) in [5.41, 5.74) is 0.266. The Bertz CT molecular complexity index is 1480. The first-order chi connectivity index (χ1) is 17.2. The highest BCUT2D eigenvalue weighted by Crippen LogP contribution is 2.18. The fraction of sp³-hybridized carbons (Fsp3) is 0.360. The first-order valence-corrected chi connectivity index (χ1v) is 11.5. The number of carbonyl (C=O) groups excluding carboxylic acids is 1. The van der Waals surface area contributed by atoms with Gasteiger partial charge >= 0.3 is 5.69 Å². The molecule has 0 aliphatic rings. The smallest absolute Gasteiger partial charge is 0.333 e. The van der Waals surface area contributed by atoms with Gasteiger partial charge in [0.15, 0.2) is 11.2 Å². The molecule has 0 bridgehead atoms. The van der Waals surface area contributed by atoms with E-state index in [1.807, 2.05) is 51.1 Å². The molecule has 0 fully saturated rings. The normalized spacial score (nSPS) is 11.7. The molecule has 0 saturated carbocycles. The first-order valence-electron chi connectivity index (χ1n) is 11.5. The topological polar surface area (TPSA) is 126 Å². The number of nitrogens with zero attached hydrogens (tertiary/aromatic N) is 6. The van der Waals surface area contributed by atoms with Gasteiger partial charge in [-0.25, -0.2) is 24.3 Å². The lowest BCUT2D eigenvalue weighted by Gasteiger charge is -2.16. The van der Waals surface area contributed by atoms with E-state index in [1.54, 1.807) is 11.7 Å². The molecule has 0 atom stereocenters. The molecule has 0 aliphatic carbocycles. The third kappa shape index (κ3) is 5.25. The van der Waals surface area contributed by atoms with Gasteiger partial charge in [0.25, 0.3) is 5.56 Å². The van der Waals surface area contributed by atoms with Crippen LogP contribution < -0.4 is 16.6 Å². The third-order valence-electron chi connectivity index (χ3n) is 5.61. The lowest BCUT2D eigenvalue weighted by atomic mass is 9.96. The average molecular weight is 492 g/mol. The number of nitrogens with one attached hydrogen (secondary N) is 1. The number of hydrogen-bond donors (Lipinski definition) is 1. The van der Waals surface area contributed by atoms with Gasteiger partial charge in [0.2, 0.25) is 5.91 Å². The SMILES string of the molecule is COCCn1cnc2c1c(=O)n(CC(=O)Nc1cnc(C(C)(C)C)nc1)c(=O)n2Cc1ccccc1. The van der Waals surface area contributed by atoms with Crippen LogP contribution >= 0.6 is 0 Å². The summed E-state index contributed by atoms with van der Waals surface area (Å²) < 4.78 is 9.11. The maximum Gasteiger partial charge on any atom is 0.333 e. The van der Waals surface area contributed by atoms with Gasteiger partial charge < -0.3 is 14.6 Å². The van der Waals surface area contributed by atoms with Crippen LogP contribution in [0.15, 0.2) is 58.6 Å². The monoisotopic (exact) mass is 491 g/mol. The van der Waals surface area contributed by atoms with Crippen LogP contribution in [-0.2, 0) is 34.6 Å². The number of fused-ring (bicyclic) bond motifs is 1. The standard InChI is InChI=1S/C25H29N7O4/c1-25(2,3)23-26-12-18(13-27-23)29-19(33)15-32-22(34)20-21(28-16-30(20)10-11-36-4)31(24(32)35)14-17-8-6-5-7-9-17/h5-9,12-13,16H,10-11,14-15H2,1-4H3,(H,29,33). The summed E-state index contributed by atoms with van der Waals surface area (Å²) in [5, 5.41) is 2.67. The second-order valence-corrected chi connectivity index (χ2v) is 9.44. The summed E-state index contributed by atoms with van der Waals surface area (Å²) >= 11 is 0. The number of ether oxygens (including phenoxy) is 1. The molecule has 188 valence electrons. The highest BCUT2D eigenvalue weighted by molar-refractivity contribution is 5.90. The predicted molar refractivity (Wildman–Crippen MR) is 135 cm³/mol.